The molecule has 0 bridgehead atoms. The number of methoxy groups -OCH3 is 1. The Kier molecular flexibility index (Phi) is 8.07. The van der Waals surface area contributed by atoms with Gasteiger partial charge >= 0.3 is 0 Å². The first-order valence-corrected chi connectivity index (χ1v) is 7.40. The van der Waals surface area contributed by atoms with Gasteiger partial charge in [0.2, 0.25) is 0 Å². The third kappa shape index (κ3) is 5.80. The van der Waals surface area contributed by atoms with Crippen molar-refractivity contribution in [2.75, 3.05) is 32.2 Å². The maximum Gasteiger partial charge on any atom is 0.142 e. The molecule has 0 saturated carbocycles. The molecule has 1 atom stereocenters. The van der Waals surface area contributed by atoms with Crippen LogP contribution in [0.4, 0.5) is 5.69 Å². The number of nitrogens with one attached hydrogen (secondary N) is 1. The number of aryl methyl sites for hydroxylation is 1. The van der Waals surface area contributed by atoms with Crippen molar-refractivity contribution in [2.45, 2.75) is 39.2 Å². The van der Waals surface area contributed by atoms with E-state index in [0.717, 1.165) is 37.3 Å². The van der Waals surface area contributed by atoms with Gasteiger partial charge in [-0.1, -0.05) is 13.0 Å². The molecule has 1 rings (SSSR count). The summed E-state index contributed by atoms with van der Waals surface area (Å²) in [7, 11) is 1.72. The first kappa shape index (κ1) is 16.8. The minimum absolute atomic E-state index is 0.259. The molecular weight excluding hydrogens is 252 g/mol. The van der Waals surface area contributed by atoms with E-state index >= 15 is 0 Å². The van der Waals surface area contributed by atoms with Crippen LogP contribution in [0.1, 0.15) is 31.7 Å². The first-order chi connectivity index (χ1) is 9.71. The highest BCUT2D eigenvalue weighted by Crippen LogP contribution is 2.27. The lowest BCUT2D eigenvalue weighted by Gasteiger charge is -2.21. The quantitative estimate of drug-likeness (QED) is 0.692. The van der Waals surface area contributed by atoms with Gasteiger partial charge in [-0.15, -0.1) is 0 Å². The van der Waals surface area contributed by atoms with Crippen LogP contribution < -0.4 is 15.8 Å². The molecule has 3 N–H and O–H groups in total. The first-order valence-electron chi connectivity index (χ1n) is 7.40. The Labute approximate surface area is 122 Å². The van der Waals surface area contributed by atoms with Gasteiger partial charge in [0.15, 0.2) is 0 Å². The Hall–Kier alpha value is -1.26. The smallest absolute Gasteiger partial charge is 0.142 e. The number of anilines is 1. The monoisotopic (exact) mass is 280 g/mol. The highest BCUT2D eigenvalue weighted by atomic mass is 16.5. The highest BCUT2D eigenvalue weighted by molar-refractivity contribution is 5.58. The van der Waals surface area contributed by atoms with E-state index in [1.807, 2.05) is 0 Å². The fraction of sp³-hybridized carbons (Fsp3) is 0.625. The maximum absolute atomic E-state index is 5.82. The van der Waals surface area contributed by atoms with E-state index in [1.165, 1.54) is 5.56 Å². The molecule has 20 heavy (non-hydrogen) atoms. The third-order valence-corrected chi connectivity index (χ3v) is 3.08. The van der Waals surface area contributed by atoms with Gasteiger partial charge in [-0.25, -0.2) is 0 Å². The second-order valence-corrected chi connectivity index (χ2v) is 5.08. The van der Waals surface area contributed by atoms with Gasteiger partial charge in [-0.2, -0.15) is 0 Å². The number of nitrogens with two attached hydrogens (primary N) is 1. The van der Waals surface area contributed by atoms with Crippen LogP contribution in [0.3, 0.4) is 0 Å². The molecule has 114 valence electrons. The molecule has 0 amide bonds. The van der Waals surface area contributed by atoms with E-state index in [2.05, 4.69) is 37.4 Å². The van der Waals surface area contributed by atoms with E-state index in [9.17, 15) is 0 Å². The molecule has 0 aliphatic rings. The summed E-state index contributed by atoms with van der Waals surface area (Å²) in [5.41, 5.74) is 7.82. The zero-order chi connectivity index (χ0) is 14.8. The largest absolute Gasteiger partial charge is 0.491 e. The second-order valence-electron chi connectivity index (χ2n) is 5.08. The molecule has 0 saturated heterocycles. The summed E-state index contributed by atoms with van der Waals surface area (Å²) in [5, 5.41) is 3.51. The Morgan fingerprint density at radius 3 is 2.80 bits per heavy atom. The summed E-state index contributed by atoms with van der Waals surface area (Å²) in [5.74, 6) is 0.917. The van der Waals surface area contributed by atoms with E-state index in [0.29, 0.717) is 13.2 Å². The molecule has 0 fully saturated rings. The van der Waals surface area contributed by atoms with Gasteiger partial charge in [-0.05, 0) is 50.4 Å². The van der Waals surface area contributed by atoms with Crippen LogP contribution in [0.5, 0.6) is 5.75 Å². The Bertz CT molecular complexity index is 383. The van der Waals surface area contributed by atoms with Gasteiger partial charge in [0.05, 0.1) is 18.9 Å². The molecule has 0 radical (unpaired) electrons. The van der Waals surface area contributed by atoms with Crippen LogP contribution in [0.15, 0.2) is 18.2 Å². The molecule has 1 aromatic carbocycles. The van der Waals surface area contributed by atoms with Crippen LogP contribution >= 0.6 is 0 Å². The predicted molar refractivity (Wildman–Crippen MR) is 84.5 cm³/mol. The summed E-state index contributed by atoms with van der Waals surface area (Å²) in [4.78, 5) is 0. The predicted octanol–water partition coefficient (Wildman–Crippen LogP) is 2.95. The summed E-state index contributed by atoms with van der Waals surface area (Å²) >= 11 is 0. The van der Waals surface area contributed by atoms with Crippen LogP contribution in [0, 0.1) is 6.92 Å². The van der Waals surface area contributed by atoms with Crippen molar-refractivity contribution in [1.29, 1.82) is 0 Å². The van der Waals surface area contributed by atoms with Gasteiger partial charge in [0.1, 0.15) is 5.75 Å². The molecule has 4 nitrogen and oxygen atoms in total. The topological polar surface area (TPSA) is 56.5 Å². The van der Waals surface area contributed by atoms with Gasteiger partial charge in [-0.3, -0.25) is 0 Å². The third-order valence-electron chi connectivity index (χ3n) is 3.08. The summed E-state index contributed by atoms with van der Waals surface area (Å²) in [6, 6.07) is 6.50. The SMILES string of the molecule is CCCOc1cc(C)ccc1NC(CCCN)COC. The Balaban J connectivity index is 2.75. The normalized spacial score (nSPS) is 12.2. The minimum Gasteiger partial charge on any atom is -0.491 e. The molecule has 0 aliphatic carbocycles. The van der Waals surface area contributed by atoms with Crippen molar-refractivity contribution in [2.24, 2.45) is 5.73 Å². The van der Waals surface area contributed by atoms with Crippen LogP contribution in [0.2, 0.25) is 0 Å². The van der Waals surface area contributed by atoms with Crippen LogP contribution in [-0.2, 0) is 4.74 Å². The summed E-state index contributed by atoms with van der Waals surface area (Å²) in [6.45, 7) is 6.29. The molecule has 0 spiro atoms. The molecular formula is C16H28N2O2. The second kappa shape index (κ2) is 9.61. The minimum atomic E-state index is 0.259. The van der Waals surface area contributed by atoms with Crippen molar-refractivity contribution in [3.8, 4) is 5.75 Å². The van der Waals surface area contributed by atoms with Gasteiger partial charge in [0.25, 0.3) is 0 Å². The zero-order valence-corrected chi connectivity index (χ0v) is 12.9. The lowest BCUT2D eigenvalue weighted by molar-refractivity contribution is 0.182. The lowest BCUT2D eigenvalue weighted by atomic mass is 10.1. The van der Waals surface area contributed by atoms with Crippen molar-refractivity contribution >= 4 is 5.69 Å². The van der Waals surface area contributed by atoms with Crippen molar-refractivity contribution in [1.82, 2.24) is 0 Å². The molecule has 0 heterocycles. The summed E-state index contributed by atoms with van der Waals surface area (Å²) in [6.07, 6.45) is 2.98. The van der Waals surface area contributed by atoms with Crippen molar-refractivity contribution < 1.29 is 9.47 Å². The molecule has 1 unspecified atom stereocenters. The van der Waals surface area contributed by atoms with Crippen LogP contribution in [-0.4, -0.2) is 32.9 Å². The maximum atomic E-state index is 5.82. The number of hydrogen-bond acceptors (Lipinski definition) is 4. The van der Waals surface area contributed by atoms with E-state index in [1.54, 1.807) is 7.11 Å². The molecule has 1 aromatic rings. The van der Waals surface area contributed by atoms with Crippen molar-refractivity contribution in [3.05, 3.63) is 23.8 Å². The number of benzene rings is 1. The van der Waals surface area contributed by atoms with Gasteiger partial charge < -0.3 is 20.5 Å². The number of hydrogen-bond donors (Lipinski definition) is 2. The highest BCUT2D eigenvalue weighted by Gasteiger charge is 2.11. The Morgan fingerprint density at radius 1 is 1.35 bits per heavy atom. The fourth-order valence-electron chi connectivity index (χ4n) is 2.06. The Morgan fingerprint density at radius 2 is 2.15 bits per heavy atom. The average Bonchev–Trinajstić information content (AvgIpc) is 2.45. The van der Waals surface area contributed by atoms with E-state index in [4.69, 9.17) is 15.2 Å². The summed E-state index contributed by atoms with van der Waals surface area (Å²) < 4.78 is 11.1. The van der Waals surface area contributed by atoms with Gasteiger partial charge in [0, 0.05) is 13.2 Å². The number of rotatable bonds is 10. The van der Waals surface area contributed by atoms with Crippen molar-refractivity contribution in [3.63, 3.8) is 0 Å². The molecule has 0 aromatic heterocycles. The van der Waals surface area contributed by atoms with E-state index in [-0.39, 0.29) is 6.04 Å². The zero-order valence-electron chi connectivity index (χ0n) is 12.9. The average molecular weight is 280 g/mol. The number of ether oxygens (including phenoxy) is 2. The molecule has 0 aliphatic heterocycles. The lowest BCUT2D eigenvalue weighted by Crippen LogP contribution is -2.26. The van der Waals surface area contributed by atoms with Crippen LogP contribution in [0.25, 0.3) is 0 Å². The van der Waals surface area contributed by atoms with E-state index < -0.39 is 0 Å². The molecule has 4 heteroatoms. The standard InChI is InChI=1S/C16H28N2O2/c1-4-10-20-16-11-13(2)7-8-15(16)18-14(12-19-3)6-5-9-17/h7-8,11,14,18H,4-6,9-10,12,17H2,1-3H3. The fourth-order valence-corrected chi connectivity index (χ4v) is 2.06.